The fraction of sp³-hybridized carbons (Fsp3) is 0. The first-order valence-electron chi connectivity index (χ1n) is 16.0. The molecule has 2 aliphatic rings. The monoisotopic (exact) mass is 709 g/mol. The minimum atomic E-state index is 0.585. The summed E-state index contributed by atoms with van der Waals surface area (Å²) in [4.78, 5) is 37.8. The molecule has 0 aliphatic carbocycles. The van der Waals surface area contributed by atoms with Gasteiger partial charge in [-0.3, -0.25) is 0 Å². The predicted octanol–water partition coefficient (Wildman–Crippen LogP) is 8.12. The van der Waals surface area contributed by atoms with E-state index in [1.54, 1.807) is 11.3 Å². The third-order valence-electron chi connectivity index (χ3n) is 9.03. The van der Waals surface area contributed by atoms with E-state index >= 15 is 0 Å². The van der Waals surface area contributed by atoms with Gasteiger partial charge < -0.3 is 0 Å². The third-order valence-corrected chi connectivity index (χ3v) is 11.5. The van der Waals surface area contributed by atoms with Crippen LogP contribution in [0.2, 0.25) is 0 Å². The molecule has 11 rings (SSSR count). The van der Waals surface area contributed by atoms with Gasteiger partial charge in [-0.05, 0) is 0 Å². The predicted molar refractivity (Wildman–Crippen MR) is 197 cm³/mol. The van der Waals surface area contributed by atoms with Crippen LogP contribution in [-0.2, 0) is 15.0 Å². The van der Waals surface area contributed by atoms with Gasteiger partial charge in [-0.2, -0.15) is 0 Å². The molecule has 8 bridgehead atoms. The molecule has 0 radical (unpaired) electrons. The number of hydrogen-bond acceptors (Lipinski definition) is 7. The second-order valence-corrected chi connectivity index (χ2v) is 14.6. The summed E-state index contributed by atoms with van der Waals surface area (Å²) in [7, 11) is 0. The summed E-state index contributed by atoms with van der Waals surface area (Å²) in [6.45, 7) is 0. The maximum absolute atomic E-state index is 5.25. The first-order chi connectivity index (χ1) is 24.7. The summed E-state index contributed by atoms with van der Waals surface area (Å²) in [5.41, 5.74) is 6.37. The number of nitrogens with zero attached hydrogens (tertiary/aromatic N) is 6. The first-order valence-corrected chi connectivity index (χ1v) is 17.8. The minimum absolute atomic E-state index is 0.585. The van der Waals surface area contributed by atoms with Crippen molar-refractivity contribution in [2.24, 2.45) is 0 Å². The molecule has 0 saturated carbocycles. The Morgan fingerprint density at radius 2 is 0.920 bits per heavy atom. The summed E-state index contributed by atoms with van der Waals surface area (Å²) < 4.78 is 3.51. The number of rotatable bonds is 2. The van der Waals surface area contributed by atoms with Crippen LogP contribution in [0.1, 0.15) is 0 Å². The molecular formula is C40H22CuN8S. The molecule has 5 aromatic carbocycles. The Kier molecular flexibility index (Phi) is 5.97. The van der Waals surface area contributed by atoms with Crippen LogP contribution in [0.4, 0.5) is 0 Å². The van der Waals surface area contributed by atoms with E-state index in [4.69, 9.17) is 29.9 Å². The summed E-state index contributed by atoms with van der Waals surface area (Å²) in [5.74, 6) is 2.35. The number of benzene rings is 5. The molecule has 0 spiro atoms. The molecule has 2 aliphatic heterocycles. The first kappa shape index (κ1) is 27.8. The maximum atomic E-state index is 5.25. The Bertz CT molecular complexity index is 3010. The van der Waals surface area contributed by atoms with E-state index in [0.717, 1.165) is 48.3 Å². The van der Waals surface area contributed by atoms with Crippen LogP contribution in [-0.4, -0.2) is 39.9 Å². The van der Waals surface area contributed by atoms with Gasteiger partial charge in [-0.15, -0.1) is 0 Å². The van der Waals surface area contributed by atoms with Gasteiger partial charge in [0.25, 0.3) is 0 Å². The molecule has 0 fully saturated rings. The van der Waals surface area contributed by atoms with Gasteiger partial charge in [0, 0.05) is 0 Å². The number of nitrogens with one attached hydrogen (secondary N) is 2. The molecule has 9 aromatic rings. The molecule has 0 amide bonds. The van der Waals surface area contributed by atoms with E-state index in [-0.39, 0.29) is 0 Å². The second-order valence-electron chi connectivity index (χ2n) is 12.0. The van der Waals surface area contributed by atoms with E-state index in [1.165, 1.54) is 13.9 Å². The van der Waals surface area contributed by atoms with E-state index in [9.17, 15) is 0 Å². The van der Waals surface area contributed by atoms with Crippen molar-refractivity contribution in [3.63, 3.8) is 0 Å². The average Bonchev–Trinajstić information content (AvgIpc) is 3.96. The van der Waals surface area contributed by atoms with Gasteiger partial charge in [0.1, 0.15) is 0 Å². The molecule has 6 heterocycles. The Morgan fingerprint density at radius 3 is 1.52 bits per heavy atom. The zero-order chi connectivity index (χ0) is 32.8. The molecule has 10 heteroatoms. The molecule has 4 aromatic heterocycles. The van der Waals surface area contributed by atoms with E-state index in [1.807, 2.05) is 87.8 Å². The normalized spacial score (nSPS) is 12.2. The Labute approximate surface area is 294 Å². The molecule has 50 heavy (non-hydrogen) atoms. The summed E-state index contributed by atoms with van der Waals surface area (Å²) in [6.07, 6.45) is 0. The van der Waals surface area contributed by atoms with Gasteiger partial charge in [-0.25, -0.2) is 0 Å². The van der Waals surface area contributed by atoms with Crippen LogP contribution in [0.25, 0.3) is 99.8 Å². The van der Waals surface area contributed by atoms with Crippen LogP contribution in [0.15, 0.2) is 121 Å². The van der Waals surface area contributed by atoms with Gasteiger partial charge >= 0.3 is 289 Å². The van der Waals surface area contributed by atoms with Crippen molar-refractivity contribution in [2.75, 3.05) is 0 Å². The van der Waals surface area contributed by atoms with Crippen molar-refractivity contribution in [1.82, 2.24) is 39.9 Å². The van der Waals surface area contributed by atoms with E-state index < -0.39 is 0 Å². The van der Waals surface area contributed by atoms with Crippen molar-refractivity contribution >= 4 is 73.8 Å². The molecule has 0 saturated heterocycles. The van der Waals surface area contributed by atoms with Gasteiger partial charge in [0.15, 0.2) is 0 Å². The number of aromatic amines is 2. The van der Waals surface area contributed by atoms with E-state index in [2.05, 4.69) is 58.5 Å². The quantitative estimate of drug-likeness (QED) is 0.176. The molecule has 8 nitrogen and oxygen atoms in total. The van der Waals surface area contributed by atoms with Gasteiger partial charge in [-0.1, -0.05) is 6.07 Å². The van der Waals surface area contributed by atoms with Gasteiger partial charge in [0.05, 0.1) is 0 Å². The molecule has 0 atom stereocenters. The Morgan fingerprint density at radius 1 is 0.440 bits per heavy atom. The van der Waals surface area contributed by atoms with Crippen LogP contribution >= 0.6 is 11.3 Å². The second kappa shape index (κ2) is 10.7. The summed E-state index contributed by atoms with van der Waals surface area (Å²) in [5, 5.41) is 5.05. The SMILES string of the molecule is c1ccc2c(c1)-c1nc-2nc2[nH]c(nc3nc(nc4[nH]c(n1)c1ccccc41)-c1ccccc1-3)c1[c]([Cu][c]3cc4ccccc4s3)cccc21. The molecule has 0 unspecified atom stereocenters. The zero-order valence-corrected chi connectivity index (χ0v) is 27.7. The van der Waals surface area contributed by atoms with Crippen LogP contribution < -0.4 is 8.24 Å². The van der Waals surface area contributed by atoms with Crippen LogP contribution in [0.5, 0.6) is 0 Å². The molecule has 239 valence electrons. The number of hydrogen-bond donors (Lipinski definition) is 2. The summed E-state index contributed by atoms with van der Waals surface area (Å²) >= 11 is 3.64. The van der Waals surface area contributed by atoms with Crippen molar-refractivity contribution in [3.05, 3.63) is 121 Å². The number of aromatic nitrogens is 8. The number of H-pyrrole nitrogens is 2. The molecule has 2 N–H and O–H groups in total. The van der Waals surface area contributed by atoms with Crippen molar-refractivity contribution in [3.8, 4) is 45.6 Å². The molecular weight excluding hydrogens is 688 g/mol. The van der Waals surface area contributed by atoms with Crippen LogP contribution in [0.3, 0.4) is 0 Å². The Balaban J connectivity index is 1.27. The average molecular weight is 710 g/mol. The Hall–Kier alpha value is -6.06. The summed E-state index contributed by atoms with van der Waals surface area (Å²) in [6, 6.07) is 41.3. The number of fused-ring (bicyclic) bond motifs is 21. The standard InChI is InChI=1S/C32H17N8.C8H5S.Cu/c1-2-10-18-17(9-1)25-33-26(18)38-28-21-13-5-6-14-22(21)30(35-28)40-32-24-16-8-7-15-23(24)31(36-32)39-29-20-12-4-3-11-19(20)27(34-29)37-25;1-2-4-8-7(3-1)5-6-9-8;/h1-15H,(H2,33,34,35,36,37,38,39,40);1-5H;. The fourth-order valence-electron chi connectivity index (χ4n) is 6.73. The fourth-order valence-corrected chi connectivity index (χ4v) is 9.25. The van der Waals surface area contributed by atoms with Crippen molar-refractivity contribution in [1.29, 1.82) is 0 Å². The number of thiophene rings is 1. The zero-order valence-electron chi connectivity index (χ0n) is 25.9. The van der Waals surface area contributed by atoms with Gasteiger partial charge in [0.2, 0.25) is 0 Å². The van der Waals surface area contributed by atoms with Crippen molar-refractivity contribution in [2.45, 2.75) is 0 Å². The van der Waals surface area contributed by atoms with Crippen LogP contribution in [0, 0.1) is 0 Å². The van der Waals surface area contributed by atoms with E-state index in [0.29, 0.717) is 45.9 Å². The topological polar surface area (TPSA) is 109 Å². The third kappa shape index (κ3) is 4.29. The van der Waals surface area contributed by atoms with Crippen molar-refractivity contribution < 1.29 is 15.0 Å².